The normalized spacial score (nSPS) is 11.3. The fourth-order valence-electron chi connectivity index (χ4n) is 2.19. The number of hydrogen-bond acceptors (Lipinski definition) is 3. The van der Waals surface area contributed by atoms with Gasteiger partial charge in [-0.25, -0.2) is 0 Å². The van der Waals surface area contributed by atoms with Crippen molar-refractivity contribution < 1.29 is 4.92 Å². The van der Waals surface area contributed by atoms with E-state index >= 15 is 0 Å². The molecule has 0 fully saturated rings. The van der Waals surface area contributed by atoms with Crippen molar-refractivity contribution in [3.8, 4) is 0 Å². The van der Waals surface area contributed by atoms with Crippen LogP contribution in [0.15, 0.2) is 53.7 Å². The van der Waals surface area contributed by atoms with E-state index in [4.69, 9.17) is 0 Å². The standard InChI is InChI=1S/C16H13N3O2/c1-11-6-7-13(19(20)21)8-16(11)18-10-12-9-17-15-5-3-2-4-14(12)15/h2-10,17H,1H3. The van der Waals surface area contributed by atoms with Crippen LogP contribution in [-0.2, 0) is 0 Å². The van der Waals surface area contributed by atoms with Gasteiger partial charge in [-0.1, -0.05) is 24.3 Å². The quantitative estimate of drug-likeness (QED) is 0.444. The molecule has 5 nitrogen and oxygen atoms in total. The number of fused-ring (bicyclic) bond motifs is 1. The molecule has 0 aliphatic heterocycles. The summed E-state index contributed by atoms with van der Waals surface area (Å²) < 4.78 is 0. The van der Waals surface area contributed by atoms with E-state index in [0.717, 1.165) is 22.0 Å². The average molecular weight is 279 g/mol. The molecule has 3 aromatic rings. The molecule has 2 aromatic carbocycles. The number of aromatic nitrogens is 1. The van der Waals surface area contributed by atoms with Crippen molar-refractivity contribution in [3.63, 3.8) is 0 Å². The minimum Gasteiger partial charge on any atom is -0.361 e. The van der Waals surface area contributed by atoms with Crippen molar-refractivity contribution >= 4 is 28.5 Å². The molecule has 0 radical (unpaired) electrons. The lowest BCUT2D eigenvalue weighted by atomic mass is 10.1. The predicted octanol–water partition coefficient (Wildman–Crippen LogP) is 4.14. The van der Waals surface area contributed by atoms with Crippen LogP contribution in [0, 0.1) is 17.0 Å². The van der Waals surface area contributed by atoms with Gasteiger partial charge in [0.2, 0.25) is 0 Å². The Balaban J connectivity index is 1.99. The summed E-state index contributed by atoms with van der Waals surface area (Å²) >= 11 is 0. The van der Waals surface area contributed by atoms with Gasteiger partial charge in [0.1, 0.15) is 0 Å². The van der Waals surface area contributed by atoms with E-state index in [-0.39, 0.29) is 5.69 Å². The number of benzene rings is 2. The fraction of sp³-hybridized carbons (Fsp3) is 0.0625. The number of H-pyrrole nitrogens is 1. The lowest BCUT2D eigenvalue weighted by molar-refractivity contribution is -0.384. The monoisotopic (exact) mass is 279 g/mol. The summed E-state index contributed by atoms with van der Waals surface area (Å²) in [6, 6.07) is 12.6. The van der Waals surface area contributed by atoms with Crippen molar-refractivity contribution in [2.24, 2.45) is 4.99 Å². The van der Waals surface area contributed by atoms with Crippen LogP contribution in [0.2, 0.25) is 0 Å². The molecule has 104 valence electrons. The van der Waals surface area contributed by atoms with Crippen LogP contribution < -0.4 is 0 Å². The molecule has 1 heterocycles. The summed E-state index contributed by atoms with van der Waals surface area (Å²) in [4.78, 5) is 18.0. The van der Waals surface area contributed by atoms with Crippen molar-refractivity contribution in [3.05, 3.63) is 69.9 Å². The number of nitro groups is 1. The summed E-state index contributed by atoms with van der Waals surface area (Å²) in [7, 11) is 0. The van der Waals surface area contributed by atoms with Gasteiger partial charge in [0.25, 0.3) is 5.69 Å². The van der Waals surface area contributed by atoms with E-state index in [2.05, 4.69) is 9.98 Å². The first kappa shape index (κ1) is 13.1. The van der Waals surface area contributed by atoms with Crippen LogP contribution >= 0.6 is 0 Å². The molecule has 1 N–H and O–H groups in total. The van der Waals surface area contributed by atoms with E-state index < -0.39 is 4.92 Å². The Morgan fingerprint density at radius 3 is 2.86 bits per heavy atom. The number of nitrogens with one attached hydrogen (secondary N) is 1. The minimum absolute atomic E-state index is 0.0478. The zero-order valence-electron chi connectivity index (χ0n) is 11.4. The smallest absolute Gasteiger partial charge is 0.271 e. The topological polar surface area (TPSA) is 71.3 Å². The van der Waals surface area contributed by atoms with Crippen molar-refractivity contribution in [1.29, 1.82) is 0 Å². The summed E-state index contributed by atoms with van der Waals surface area (Å²) in [6.07, 6.45) is 3.60. The van der Waals surface area contributed by atoms with Gasteiger partial charge in [0.15, 0.2) is 0 Å². The largest absolute Gasteiger partial charge is 0.361 e. The fourth-order valence-corrected chi connectivity index (χ4v) is 2.19. The first-order valence-electron chi connectivity index (χ1n) is 6.50. The lowest BCUT2D eigenvalue weighted by Gasteiger charge is -1.99. The number of hydrogen-bond donors (Lipinski definition) is 1. The van der Waals surface area contributed by atoms with Crippen LogP contribution in [0.25, 0.3) is 10.9 Å². The van der Waals surface area contributed by atoms with Crippen LogP contribution in [0.3, 0.4) is 0 Å². The third kappa shape index (κ3) is 2.53. The van der Waals surface area contributed by atoms with E-state index in [0.29, 0.717) is 5.69 Å². The molecule has 0 spiro atoms. The maximum absolute atomic E-state index is 10.8. The van der Waals surface area contributed by atoms with Gasteiger partial charge in [-0.2, -0.15) is 0 Å². The Hall–Kier alpha value is -2.95. The van der Waals surface area contributed by atoms with E-state index in [1.807, 2.05) is 37.4 Å². The van der Waals surface area contributed by atoms with Crippen molar-refractivity contribution in [2.75, 3.05) is 0 Å². The van der Waals surface area contributed by atoms with Crippen molar-refractivity contribution in [1.82, 2.24) is 4.98 Å². The number of aromatic amines is 1. The Kier molecular flexibility index (Phi) is 3.23. The van der Waals surface area contributed by atoms with Crippen LogP contribution in [-0.4, -0.2) is 16.1 Å². The number of rotatable bonds is 3. The number of aryl methyl sites for hydroxylation is 1. The first-order valence-corrected chi connectivity index (χ1v) is 6.50. The molecule has 0 aliphatic carbocycles. The summed E-state index contributed by atoms with van der Waals surface area (Å²) in [5, 5.41) is 11.9. The highest BCUT2D eigenvalue weighted by molar-refractivity contribution is 5.99. The Morgan fingerprint density at radius 2 is 2.05 bits per heavy atom. The molecule has 0 saturated heterocycles. The van der Waals surface area contributed by atoms with Crippen LogP contribution in [0.4, 0.5) is 11.4 Å². The molecule has 0 atom stereocenters. The van der Waals surface area contributed by atoms with Gasteiger partial charge in [0.05, 0.1) is 10.6 Å². The first-order chi connectivity index (χ1) is 10.1. The zero-order valence-corrected chi connectivity index (χ0v) is 11.4. The van der Waals surface area contributed by atoms with Gasteiger partial charge >= 0.3 is 0 Å². The van der Waals surface area contributed by atoms with Crippen LogP contribution in [0.1, 0.15) is 11.1 Å². The Labute approximate surface area is 121 Å². The SMILES string of the molecule is Cc1ccc([N+](=O)[O-])cc1N=Cc1c[nH]c2ccccc12. The highest BCUT2D eigenvalue weighted by atomic mass is 16.6. The Bertz CT molecular complexity index is 850. The maximum atomic E-state index is 10.8. The van der Waals surface area contributed by atoms with Crippen molar-refractivity contribution in [2.45, 2.75) is 6.92 Å². The molecule has 1 aromatic heterocycles. The molecule has 0 unspecified atom stereocenters. The molecule has 0 amide bonds. The van der Waals surface area contributed by atoms with E-state index in [1.54, 1.807) is 12.3 Å². The molecular weight excluding hydrogens is 266 g/mol. The molecule has 5 heteroatoms. The van der Waals surface area contributed by atoms with E-state index in [9.17, 15) is 10.1 Å². The van der Waals surface area contributed by atoms with E-state index in [1.165, 1.54) is 12.1 Å². The second-order valence-corrected chi connectivity index (χ2v) is 4.78. The van der Waals surface area contributed by atoms with Gasteiger partial charge < -0.3 is 4.98 Å². The number of non-ortho nitro benzene ring substituents is 1. The summed E-state index contributed by atoms with van der Waals surface area (Å²) in [5.41, 5.74) is 3.55. The number of para-hydroxylation sites is 1. The molecular formula is C16H13N3O2. The number of nitro benzene ring substituents is 1. The minimum atomic E-state index is -0.413. The van der Waals surface area contributed by atoms with Gasteiger partial charge in [0, 0.05) is 41.0 Å². The average Bonchev–Trinajstić information content (AvgIpc) is 2.89. The highest BCUT2D eigenvalue weighted by Crippen LogP contribution is 2.25. The third-order valence-corrected chi connectivity index (χ3v) is 3.37. The number of aliphatic imine (C=N–C) groups is 1. The second-order valence-electron chi connectivity index (χ2n) is 4.78. The molecule has 21 heavy (non-hydrogen) atoms. The summed E-state index contributed by atoms with van der Waals surface area (Å²) in [5.74, 6) is 0. The summed E-state index contributed by atoms with van der Waals surface area (Å²) in [6.45, 7) is 1.88. The maximum Gasteiger partial charge on any atom is 0.271 e. The lowest BCUT2D eigenvalue weighted by Crippen LogP contribution is -1.88. The zero-order chi connectivity index (χ0) is 14.8. The molecule has 3 rings (SSSR count). The second kappa shape index (κ2) is 5.20. The Morgan fingerprint density at radius 1 is 1.24 bits per heavy atom. The van der Waals surface area contributed by atoms with Gasteiger partial charge in [-0.05, 0) is 18.6 Å². The van der Waals surface area contributed by atoms with Crippen LogP contribution in [0.5, 0.6) is 0 Å². The molecule has 0 aliphatic rings. The molecule has 0 saturated carbocycles. The third-order valence-electron chi connectivity index (χ3n) is 3.37. The molecule has 0 bridgehead atoms. The van der Waals surface area contributed by atoms with Gasteiger partial charge in [-0.3, -0.25) is 15.1 Å². The highest BCUT2D eigenvalue weighted by Gasteiger charge is 2.08. The number of nitrogens with zero attached hydrogens (tertiary/aromatic N) is 2. The predicted molar refractivity (Wildman–Crippen MR) is 83.4 cm³/mol. The van der Waals surface area contributed by atoms with Gasteiger partial charge in [-0.15, -0.1) is 0 Å².